The van der Waals surface area contributed by atoms with Crippen molar-refractivity contribution in [2.75, 3.05) is 0 Å². The zero-order valence-corrected chi connectivity index (χ0v) is 10.9. The molecule has 1 rings (SSSR count). The van der Waals surface area contributed by atoms with Crippen LogP contribution in [0.15, 0.2) is 66.8 Å². The number of aryl methyl sites for hydroxylation is 1. The zero-order chi connectivity index (χ0) is 12.7. The SMILES string of the molecule is C=C\C(C)=C(/C=C\C=C/C)c1ccccc1C. The first-order valence-electron chi connectivity index (χ1n) is 5.89. The first kappa shape index (κ1) is 13.2. The van der Waals surface area contributed by atoms with Crippen LogP contribution in [0, 0.1) is 6.92 Å². The van der Waals surface area contributed by atoms with Crippen molar-refractivity contribution in [3.63, 3.8) is 0 Å². The average Bonchev–Trinajstić information content (AvgIpc) is 2.35. The van der Waals surface area contributed by atoms with Gasteiger partial charge in [0.05, 0.1) is 0 Å². The fourth-order valence-electron chi connectivity index (χ4n) is 1.68. The van der Waals surface area contributed by atoms with Crippen LogP contribution in [0.5, 0.6) is 0 Å². The van der Waals surface area contributed by atoms with Crippen LogP contribution in [0.3, 0.4) is 0 Å². The minimum absolute atomic E-state index is 1.19. The second kappa shape index (κ2) is 6.70. The summed E-state index contributed by atoms with van der Waals surface area (Å²) in [6.45, 7) is 10.1. The molecule has 0 heteroatoms. The van der Waals surface area contributed by atoms with Gasteiger partial charge < -0.3 is 0 Å². The second-order valence-corrected chi connectivity index (χ2v) is 4.00. The van der Waals surface area contributed by atoms with Gasteiger partial charge >= 0.3 is 0 Å². The number of benzene rings is 1. The third-order valence-electron chi connectivity index (χ3n) is 2.73. The lowest BCUT2D eigenvalue weighted by molar-refractivity contribution is 1.40. The van der Waals surface area contributed by atoms with E-state index in [0.717, 1.165) is 0 Å². The molecule has 1 aromatic rings. The molecule has 0 fully saturated rings. The normalized spacial score (nSPS) is 13.1. The maximum atomic E-state index is 3.86. The van der Waals surface area contributed by atoms with E-state index in [9.17, 15) is 0 Å². The molecule has 1 aromatic carbocycles. The Morgan fingerprint density at radius 2 is 1.88 bits per heavy atom. The lowest BCUT2D eigenvalue weighted by atomic mass is 9.96. The molecule has 0 spiro atoms. The molecule has 0 N–H and O–H groups in total. The minimum atomic E-state index is 1.19. The molecule has 0 unspecified atom stereocenters. The summed E-state index contributed by atoms with van der Waals surface area (Å²) in [7, 11) is 0. The van der Waals surface area contributed by atoms with Crippen molar-refractivity contribution in [3.05, 3.63) is 77.9 Å². The van der Waals surface area contributed by atoms with Gasteiger partial charge in [0.15, 0.2) is 0 Å². The Bertz CT molecular complexity index is 471. The largest absolute Gasteiger partial charge is 0.0988 e. The minimum Gasteiger partial charge on any atom is -0.0988 e. The maximum Gasteiger partial charge on any atom is -0.0152 e. The number of allylic oxidation sites excluding steroid dienone is 7. The molecule has 0 atom stereocenters. The molecule has 0 bridgehead atoms. The molecule has 17 heavy (non-hydrogen) atoms. The fraction of sp³-hybridized carbons (Fsp3) is 0.176. The smallest absolute Gasteiger partial charge is 0.0152 e. The van der Waals surface area contributed by atoms with Crippen LogP contribution in [-0.2, 0) is 0 Å². The predicted molar refractivity (Wildman–Crippen MR) is 77.9 cm³/mol. The molecule has 0 aliphatic rings. The number of hydrogen-bond acceptors (Lipinski definition) is 0. The van der Waals surface area contributed by atoms with Gasteiger partial charge in [-0.3, -0.25) is 0 Å². The van der Waals surface area contributed by atoms with E-state index in [1.54, 1.807) is 0 Å². The summed E-state index contributed by atoms with van der Waals surface area (Å²) in [6.07, 6.45) is 10.2. The molecule has 0 amide bonds. The van der Waals surface area contributed by atoms with Crippen molar-refractivity contribution in [3.8, 4) is 0 Å². The Balaban J connectivity index is 3.26. The monoisotopic (exact) mass is 224 g/mol. The Hall–Kier alpha value is -1.82. The van der Waals surface area contributed by atoms with Crippen LogP contribution in [-0.4, -0.2) is 0 Å². The molecule has 0 aromatic heterocycles. The standard InChI is InChI=1S/C17H20/c1-5-7-8-12-16(14(3)6-2)17-13-10-9-11-15(17)4/h5-13H,2H2,1,3-4H3/b7-5-,12-8-,16-14+. The summed E-state index contributed by atoms with van der Waals surface area (Å²) in [5.41, 5.74) is 4.98. The van der Waals surface area contributed by atoms with Gasteiger partial charge in [-0.2, -0.15) is 0 Å². The van der Waals surface area contributed by atoms with Gasteiger partial charge in [-0.1, -0.05) is 61.2 Å². The van der Waals surface area contributed by atoms with Gasteiger partial charge in [0.1, 0.15) is 0 Å². The van der Waals surface area contributed by atoms with E-state index in [1.807, 2.05) is 25.2 Å². The molecule has 0 radical (unpaired) electrons. The predicted octanol–water partition coefficient (Wildman–Crippen LogP) is 5.09. The summed E-state index contributed by atoms with van der Waals surface area (Å²) >= 11 is 0. The third-order valence-corrected chi connectivity index (χ3v) is 2.73. The van der Waals surface area contributed by atoms with Crippen LogP contribution < -0.4 is 0 Å². The van der Waals surface area contributed by atoms with Crippen LogP contribution in [0.4, 0.5) is 0 Å². The van der Waals surface area contributed by atoms with Crippen LogP contribution in [0.25, 0.3) is 5.57 Å². The molecular weight excluding hydrogens is 204 g/mol. The quantitative estimate of drug-likeness (QED) is 0.625. The van der Waals surface area contributed by atoms with E-state index < -0.39 is 0 Å². The van der Waals surface area contributed by atoms with E-state index >= 15 is 0 Å². The molecule has 88 valence electrons. The van der Waals surface area contributed by atoms with Gasteiger partial charge in [-0.05, 0) is 43.0 Å². The van der Waals surface area contributed by atoms with Gasteiger partial charge in [0.25, 0.3) is 0 Å². The van der Waals surface area contributed by atoms with Gasteiger partial charge in [-0.15, -0.1) is 0 Å². The lowest BCUT2D eigenvalue weighted by Crippen LogP contribution is -1.88. The summed E-state index contributed by atoms with van der Waals surface area (Å²) in [6, 6.07) is 8.42. The Morgan fingerprint density at radius 3 is 2.47 bits per heavy atom. The molecule has 0 aliphatic heterocycles. The van der Waals surface area contributed by atoms with E-state index in [-0.39, 0.29) is 0 Å². The van der Waals surface area contributed by atoms with E-state index in [0.29, 0.717) is 0 Å². The Morgan fingerprint density at radius 1 is 1.18 bits per heavy atom. The van der Waals surface area contributed by atoms with Gasteiger partial charge in [-0.25, -0.2) is 0 Å². The summed E-state index contributed by atoms with van der Waals surface area (Å²) in [5.74, 6) is 0. The van der Waals surface area contributed by atoms with Crippen molar-refractivity contribution in [1.82, 2.24) is 0 Å². The van der Waals surface area contributed by atoms with Crippen molar-refractivity contribution < 1.29 is 0 Å². The second-order valence-electron chi connectivity index (χ2n) is 4.00. The lowest BCUT2D eigenvalue weighted by Gasteiger charge is -2.09. The molecule has 0 heterocycles. The van der Waals surface area contributed by atoms with Gasteiger partial charge in [0.2, 0.25) is 0 Å². The summed E-state index contributed by atoms with van der Waals surface area (Å²) < 4.78 is 0. The molecule has 0 saturated heterocycles. The maximum absolute atomic E-state index is 3.86. The van der Waals surface area contributed by atoms with Crippen molar-refractivity contribution in [1.29, 1.82) is 0 Å². The van der Waals surface area contributed by atoms with Crippen molar-refractivity contribution >= 4 is 5.57 Å². The highest BCUT2D eigenvalue weighted by atomic mass is 14.1. The average molecular weight is 224 g/mol. The van der Waals surface area contributed by atoms with Crippen molar-refractivity contribution in [2.24, 2.45) is 0 Å². The Labute approximate surface area is 105 Å². The summed E-state index contributed by atoms with van der Waals surface area (Å²) in [5, 5.41) is 0. The molecule has 0 saturated carbocycles. The van der Waals surface area contributed by atoms with Crippen LogP contribution in [0.2, 0.25) is 0 Å². The van der Waals surface area contributed by atoms with Crippen LogP contribution in [0.1, 0.15) is 25.0 Å². The Kier molecular flexibility index (Phi) is 5.22. The van der Waals surface area contributed by atoms with Gasteiger partial charge in [0, 0.05) is 0 Å². The molecule has 0 aliphatic carbocycles. The van der Waals surface area contributed by atoms with E-state index in [2.05, 4.69) is 56.8 Å². The highest BCUT2D eigenvalue weighted by molar-refractivity contribution is 5.79. The van der Waals surface area contributed by atoms with E-state index in [4.69, 9.17) is 0 Å². The van der Waals surface area contributed by atoms with E-state index in [1.165, 1.54) is 22.3 Å². The highest BCUT2D eigenvalue weighted by Crippen LogP contribution is 2.24. The first-order valence-corrected chi connectivity index (χ1v) is 5.89. The zero-order valence-electron chi connectivity index (χ0n) is 10.9. The fourth-order valence-corrected chi connectivity index (χ4v) is 1.68. The summed E-state index contributed by atoms with van der Waals surface area (Å²) in [4.78, 5) is 0. The highest BCUT2D eigenvalue weighted by Gasteiger charge is 2.03. The van der Waals surface area contributed by atoms with Crippen molar-refractivity contribution in [2.45, 2.75) is 20.8 Å². The topological polar surface area (TPSA) is 0 Å². The molecular formula is C17H20. The first-order chi connectivity index (χ1) is 8.20. The number of rotatable bonds is 4. The van der Waals surface area contributed by atoms with Crippen LogP contribution >= 0.6 is 0 Å². The number of hydrogen-bond donors (Lipinski definition) is 0. The third kappa shape index (κ3) is 3.60. The molecule has 0 nitrogen and oxygen atoms in total.